The fourth-order valence-electron chi connectivity index (χ4n) is 2.80. The number of carbonyl (C=O) groups is 1. The molecular formula is C17H23NO4. The van der Waals surface area contributed by atoms with Crippen LogP contribution in [0.4, 0.5) is 0 Å². The minimum Gasteiger partial charge on any atom is -0.497 e. The zero-order valence-electron chi connectivity index (χ0n) is 13.1. The highest BCUT2D eigenvalue weighted by Crippen LogP contribution is 2.29. The first-order valence-corrected chi connectivity index (χ1v) is 7.58. The number of rotatable bonds is 6. The number of benzene rings is 1. The fraction of sp³-hybridized carbons (Fsp3) is 0.529. The summed E-state index contributed by atoms with van der Waals surface area (Å²) in [4.78, 5) is 15.4. The molecule has 1 aromatic rings. The number of aliphatic carboxylic acids is 1. The highest BCUT2D eigenvalue weighted by molar-refractivity contribution is 5.81. The zero-order chi connectivity index (χ0) is 15.9. The van der Waals surface area contributed by atoms with E-state index in [0.29, 0.717) is 5.92 Å². The van der Waals surface area contributed by atoms with Gasteiger partial charge < -0.3 is 14.6 Å². The van der Waals surface area contributed by atoms with E-state index >= 15 is 0 Å². The number of hydrogen-bond acceptors (Lipinski definition) is 4. The second kappa shape index (κ2) is 7.82. The van der Waals surface area contributed by atoms with Gasteiger partial charge in [0.2, 0.25) is 0 Å². The highest BCUT2D eigenvalue weighted by Gasteiger charge is 2.25. The van der Waals surface area contributed by atoms with E-state index < -0.39 is 5.97 Å². The summed E-state index contributed by atoms with van der Waals surface area (Å²) >= 11 is 0. The Labute approximate surface area is 131 Å². The Hall–Kier alpha value is -2.04. The maximum absolute atomic E-state index is 10.9. The van der Waals surface area contributed by atoms with Crippen LogP contribution in [0.3, 0.4) is 0 Å². The van der Waals surface area contributed by atoms with Crippen LogP contribution < -0.4 is 9.47 Å². The molecule has 0 spiro atoms. The molecule has 0 amide bonds. The largest absolute Gasteiger partial charge is 0.497 e. The third-order valence-corrected chi connectivity index (χ3v) is 4.17. The van der Waals surface area contributed by atoms with Crippen molar-refractivity contribution in [1.29, 1.82) is 0 Å². The van der Waals surface area contributed by atoms with E-state index in [2.05, 4.69) is 4.99 Å². The van der Waals surface area contributed by atoms with Gasteiger partial charge in [0, 0.05) is 18.8 Å². The molecule has 120 valence electrons. The second-order valence-corrected chi connectivity index (χ2v) is 5.70. The minimum absolute atomic E-state index is 0.164. The van der Waals surface area contributed by atoms with Crippen LogP contribution in [-0.2, 0) is 4.79 Å². The average molecular weight is 305 g/mol. The van der Waals surface area contributed by atoms with Crippen LogP contribution in [0.15, 0.2) is 23.2 Å². The van der Waals surface area contributed by atoms with Gasteiger partial charge in [0.05, 0.1) is 20.1 Å². The predicted molar refractivity (Wildman–Crippen MR) is 85.1 cm³/mol. The molecule has 0 bridgehead atoms. The Kier molecular flexibility index (Phi) is 5.81. The SMILES string of the molecule is COc1cc(C=NCC2CCC(C(=O)O)CC2)cc(OC)c1. The number of carboxylic acids is 1. The molecule has 0 aromatic heterocycles. The molecule has 0 atom stereocenters. The normalized spacial score (nSPS) is 21.7. The third-order valence-electron chi connectivity index (χ3n) is 4.17. The summed E-state index contributed by atoms with van der Waals surface area (Å²) in [7, 11) is 3.24. The van der Waals surface area contributed by atoms with Crippen LogP contribution in [-0.4, -0.2) is 38.1 Å². The Morgan fingerprint density at radius 3 is 2.27 bits per heavy atom. The van der Waals surface area contributed by atoms with Crippen molar-refractivity contribution in [3.05, 3.63) is 23.8 Å². The van der Waals surface area contributed by atoms with E-state index in [0.717, 1.165) is 49.3 Å². The molecule has 0 unspecified atom stereocenters. The quantitative estimate of drug-likeness (QED) is 0.820. The van der Waals surface area contributed by atoms with Gasteiger partial charge >= 0.3 is 5.97 Å². The van der Waals surface area contributed by atoms with Crippen molar-refractivity contribution in [2.45, 2.75) is 25.7 Å². The molecule has 22 heavy (non-hydrogen) atoms. The van der Waals surface area contributed by atoms with Crippen LogP contribution in [0, 0.1) is 11.8 Å². The van der Waals surface area contributed by atoms with Crippen LogP contribution in [0.5, 0.6) is 11.5 Å². The molecule has 1 N–H and O–H groups in total. The summed E-state index contributed by atoms with van der Waals surface area (Å²) in [5.74, 6) is 1.14. The predicted octanol–water partition coefficient (Wildman–Crippen LogP) is 3.01. The summed E-state index contributed by atoms with van der Waals surface area (Å²) < 4.78 is 10.5. The summed E-state index contributed by atoms with van der Waals surface area (Å²) in [5, 5.41) is 8.99. The molecule has 5 nitrogen and oxygen atoms in total. The average Bonchev–Trinajstić information content (AvgIpc) is 2.55. The molecule has 1 saturated carbocycles. The lowest BCUT2D eigenvalue weighted by molar-refractivity contribution is -0.143. The van der Waals surface area contributed by atoms with E-state index in [1.165, 1.54) is 0 Å². The minimum atomic E-state index is -0.662. The van der Waals surface area contributed by atoms with Gasteiger partial charge in [-0.15, -0.1) is 0 Å². The van der Waals surface area contributed by atoms with Crippen molar-refractivity contribution in [3.8, 4) is 11.5 Å². The molecule has 0 aliphatic heterocycles. The van der Waals surface area contributed by atoms with Gasteiger partial charge in [-0.1, -0.05) is 0 Å². The maximum atomic E-state index is 10.9. The Morgan fingerprint density at radius 2 is 1.77 bits per heavy atom. The molecule has 5 heteroatoms. The molecule has 0 heterocycles. The first kappa shape index (κ1) is 16.3. The summed E-state index contributed by atoms with van der Waals surface area (Å²) in [5.41, 5.74) is 0.940. The molecule has 0 radical (unpaired) electrons. The molecular weight excluding hydrogens is 282 g/mol. The standard InChI is InChI=1S/C17H23NO4/c1-21-15-7-13(8-16(9-15)22-2)11-18-10-12-3-5-14(6-4-12)17(19)20/h7-9,11-12,14H,3-6,10H2,1-2H3,(H,19,20). The topological polar surface area (TPSA) is 68.1 Å². The van der Waals surface area contributed by atoms with Crippen molar-refractivity contribution in [3.63, 3.8) is 0 Å². The zero-order valence-corrected chi connectivity index (χ0v) is 13.1. The van der Waals surface area contributed by atoms with Crippen molar-refractivity contribution >= 4 is 12.2 Å². The van der Waals surface area contributed by atoms with E-state index in [1.807, 2.05) is 24.4 Å². The molecule has 1 aliphatic rings. The lowest BCUT2D eigenvalue weighted by Gasteiger charge is -2.24. The first-order chi connectivity index (χ1) is 10.6. The number of carboxylic acid groups (broad SMARTS) is 1. The second-order valence-electron chi connectivity index (χ2n) is 5.70. The maximum Gasteiger partial charge on any atom is 0.306 e. The Bertz CT molecular complexity index is 511. The van der Waals surface area contributed by atoms with Gasteiger partial charge in [0.1, 0.15) is 11.5 Å². The number of nitrogens with zero attached hydrogens (tertiary/aromatic N) is 1. The van der Waals surface area contributed by atoms with E-state index in [4.69, 9.17) is 14.6 Å². The highest BCUT2D eigenvalue weighted by atomic mass is 16.5. The van der Waals surface area contributed by atoms with E-state index in [9.17, 15) is 4.79 Å². The van der Waals surface area contributed by atoms with E-state index in [-0.39, 0.29) is 5.92 Å². The smallest absolute Gasteiger partial charge is 0.306 e. The number of ether oxygens (including phenoxy) is 2. The Balaban J connectivity index is 1.89. The molecule has 2 rings (SSSR count). The van der Waals surface area contributed by atoms with Crippen molar-refractivity contribution in [2.75, 3.05) is 20.8 Å². The van der Waals surface area contributed by atoms with E-state index in [1.54, 1.807) is 14.2 Å². The van der Waals surface area contributed by atoms with Crippen molar-refractivity contribution in [1.82, 2.24) is 0 Å². The molecule has 1 aliphatic carbocycles. The fourth-order valence-corrected chi connectivity index (χ4v) is 2.80. The van der Waals surface area contributed by atoms with Crippen LogP contribution >= 0.6 is 0 Å². The molecule has 1 fully saturated rings. The van der Waals surface area contributed by atoms with Crippen LogP contribution in [0.1, 0.15) is 31.2 Å². The molecule has 0 saturated heterocycles. The summed E-state index contributed by atoms with van der Waals surface area (Å²) in [6.45, 7) is 0.742. The van der Waals surface area contributed by atoms with Gasteiger partial charge in [-0.25, -0.2) is 0 Å². The van der Waals surface area contributed by atoms with Crippen LogP contribution in [0.25, 0.3) is 0 Å². The Morgan fingerprint density at radius 1 is 1.18 bits per heavy atom. The lowest BCUT2D eigenvalue weighted by Crippen LogP contribution is -2.22. The number of hydrogen-bond donors (Lipinski definition) is 1. The van der Waals surface area contributed by atoms with Crippen molar-refractivity contribution < 1.29 is 19.4 Å². The summed E-state index contributed by atoms with van der Waals surface area (Å²) in [6.07, 6.45) is 5.24. The number of aliphatic imine (C=N–C) groups is 1. The lowest BCUT2D eigenvalue weighted by atomic mass is 9.82. The van der Waals surface area contributed by atoms with Gasteiger partial charge in [-0.05, 0) is 49.3 Å². The van der Waals surface area contributed by atoms with Gasteiger partial charge in [-0.3, -0.25) is 9.79 Å². The van der Waals surface area contributed by atoms with Gasteiger partial charge in [-0.2, -0.15) is 0 Å². The van der Waals surface area contributed by atoms with Crippen LogP contribution in [0.2, 0.25) is 0 Å². The van der Waals surface area contributed by atoms with Gasteiger partial charge in [0.25, 0.3) is 0 Å². The first-order valence-electron chi connectivity index (χ1n) is 7.58. The van der Waals surface area contributed by atoms with Crippen molar-refractivity contribution in [2.24, 2.45) is 16.8 Å². The third kappa shape index (κ3) is 4.48. The van der Waals surface area contributed by atoms with Gasteiger partial charge in [0.15, 0.2) is 0 Å². The summed E-state index contributed by atoms with van der Waals surface area (Å²) in [6, 6.07) is 5.64. The number of methoxy groups -OCH3 is 2. The molecule has 1 aromatic carbocycles. The monoisotopic (exact) mass is 305 g/mol.